The van der Waals surface area contributed by atoms with Crippen LogP contribution in [0.2, 0.25) is 0 Å². The number of amides is 5. The lowest BCUT2D eigenvalue weighted by Crippen LogP contribution is -2.42. The lowest BCUT2D eigenvalue weighted by Gasteiger charge is -2.32. The minimum Gasteiger partial charge on any atom is -0.497 e. The zero-order chi connectivity index (χ0) is 25.2. The van der Waals surface area contributed by atoms with Gasteiger partial charge in [0.1, 0.15) is 23.7 Å². The summed E-state index contributed by atoms with van der Waals surface area (Å²) >= 11 is 0. The van der Waals surface area contributed by atoms with Gasteiger partial charge in [0, 0.05) is 13.1 Å². The SMILES string of the molecule is COc1ccc(C2(C)NC(=O)N(CC(=O)Nc3ccc(N4CCCC(C(N)=O)C4)nc3)C2=O)cc1. The molecular formula is C24H28N6O5. The fourth-order valence-electron chi connectivity index (χ4n) is 4.37. The summed E-state index contributed by atoms with van der Waals surface area (Å²) in [6, 6.07) is 9.57. The fraction of sp³-hybridized carbons (Fsp3) is 0.375. The molecule has 5 amide bonds. The molecule has 4 N–H and O–H groups in total. The van der Waals surface area contributed by atoms with Gasteiger partial charge in [0.05, 0.1) is 24.9 Å². The van der Waals surface area contributed by atoms with Gasteiger partial charge in [-0.15, -0.1) is 0 Å². The van der Waals surface area contributed by atoms with E-state index < -0.39 is 29.9 Å². The molecule has 4 rings (SSSR count). The third-order valence-corrected chi connectivity index (χ3v) is 6.42. The van der Waals surface area contributed by atoms with Crippen molar-refractivity contribution < 1.29 is 23.9 Å². The molecule has 0 bridgehead atoms. The average Bonchev–Trinajstić information content (AvgIpc) is 3.08. The molecule has 3 heterocycles. The molecule has 184 valence electrons. The van der Waals surface area contributed by atoms with Crippen LogP contribution in [0.3, 0.4) is 0 Å². The van der Waals surface area contributed by atoms with Gasteiger partial charge < -0.3 is 26.0 Å². The van der Waals surface area contributed by atoms with Gasteiger partial charge in [-0.05, 0) is 49.6 Å². The van der Waals surface area contributed by atoms with E-state index in [0.717, 1.165) is 24.3 Å². The van der Waals surface area contributed by atoms with Crippen LogP contribution in [-0.4, -0.2) is 60.4 Å². The van der Waals surface area contributed by atoms with Crippen LogP contribution in [0, 0.1) is 5.92 Å². The second-order valence-electron chi connectivity index (χ2n) is 8.82. The molecule has 2 saturated heterocycles. The summed E-state index contributed by atoms with van der Waals surface area (Å²) in [4.78, 5) is 56.9. The highest BCUT2D eigenvalue weighted by Gasteiger charge is 2.49. The lowest BCUT2D eigenvalue weighted by atomic mass is 9.92. The molecule has 2 fully saturated rings. The van der Waals surface area contributed by atoms with Crippen LogP contribution >= 0.6 is 0 Å². The number of nitrogens with two attached hydrogens (primary N) is 1. The number of imide groups is 1. The minimum absolute atomic E-state index is 0.210. The van der Waals surface area contributed by atoms with E-state index in [1.54, 1.807) is 43.3 Å². The Morgan fingerprint density at radius 1 is 1.23 bits per heavy atom. The van der Waals surface area contributed by atoms with Gasteiger partial charge in [0.25, 0.3) is 5.91 Å². The van der Waals surface area contributed by atoms with Crippen molar-refractivity contribution in [3.63, 3.8) is 0 Å². The van der Waals surface area contributed by atoms with E-state index in [-0.39, 0.29) is 11.8 Å². The predicted molar refractivity (Wildman–Crippen MR) is 128 cm³/mol. The van der Waals surface area contributed by atoms with Crippen molar-refractivity contribution in [2.45, 2.75) is 25.3 Å². The monoisotopic (exact) mass is 480 g/mol. The smallest absolute Gasteiger partial charge is 0.325 e. The van der Waals surface area contributed by atoms with Crippen LogP contribution in [0.25, 0.3) is 0 Å². The molecule has 1 aromatic heterocycles. The number of primary amides is 1. The lowest BCUT2D eigenvalue weighted by molar-refractivity contribution is -0.133. The molecule has 1 aromatic carbocycles. The van der Waals surface area contributed by atoms with Crippen molar-refractivity contribution >= 4 is 35.3 Å². The number of hydrogen-bond donors (Lipinski definition) is 3. The van der Waals surface area contributed by atoms with E-state index in [9.17, 15) is 19.2 Å². The minimum atomic E-state index is -1.29. The van der Waals surface area contributed by atoms with E-state index in [0.29, 0.717) is 29.4 Å². The summed E-state index contributed by atoms with van der Waals surface area (Å²) in [5.74, 6) is -0.282. The number of ether oxygens (including phenoxy) is 1. The number of rotatable bonds is 7. The summed E-state index contributed by atoms with van der Waals surface area (Å²) in [7, 11) is 1.54. The normalized spacial score (nSPS) is 22.1. The molecule has 35 heavy (non-hydrogen) atoms. The number of carbonyl (C=O) groups excluding carboxylic acids is 4. The number of nitrogens with one attached hydrogen (secondary N) is 2. The number of hydrogen-bond acceptors (Lipinski definition) is 7. The molecule has 11 heteroatoms. The highest BCUT2D eigenvalue weighted by atomic mass is 16.5. The van der Waals surface area contributed by atoms with E-state index >= 15 is 0 Å². The van der Waals surface area contributed by atoms with E-state index in [1.807, 2.05) is 4.90 Å². The van der Waals surface area contributed by atoms with Crippen LogP contribution in [0.15, 0.2) is 42.6 Å². The summed E-state index contributed by atoms with van der Waals surface area (Å²) in [6.45, 7) is 2.43. The van der Waals surface area contributed by atoms with E-state index in [1.165, 1.54) is 13.3 Å². The topological polar surface area (TPSA) is 147 Å². The maximum Gasteiger partial charge on any atom is 0.325 e. The average molecular weight is 481 g/mol. The van der Waals surface area contributed by atoms with E-state index in [4.69, 9.17) is 10.5 Å². The first-order chi connectivity index (χ1) is 16.7. The Morgan fingerprint density at radius 2 is 1.97 bits per heavy atom. The molecule has 0 aliphatic carbocycles. The molecule has 0 radical (unpaired) electrons. The Kier molecular flexibility index (Phi) is 6.59. The summed E-state index contributed by atoms with van der Waals surface area (Å²) in [6.07, 6.45) is 3.10. The molecule has 11 nitrogen and oxygen atoms in total. The number of urea groups is 1. The number of benzene rings is 1. The van der Waals surface area contributed by atoms with Gasteiger partial charge in [-0.2, -0.15) is 0 Å². The van der Waals surface area contributed by atoms with Crippen molar-refractivity contribution in [1.29, 1.82) is 0 Å². The molecule has 2 aromatic rings. The van der Waals surface area contributed by atoms with Crippen molar-refractivity contribution in [3.05, 3.63) is 48.2 Å². The van der Waals surface area contributed by atoms with Crippen LogP contribution < -0.4 is 26.0 Å². The van der Waals surface area contributed by atoms with Crippen molar-refractivity contribution in [1.82, 2.24) is 15.2 Å². The van der Waals surface area contributed by atoms with Crippen LogP contribution in [0.5, 0.6) is 5.75 Å². The zero-order valence-corrected chi connectivity index (χ0v) is 19.6. The third kappa shape index (κ3) is 4.88. The Balaban J connectivity index is 1.38. The van der Waals surface area contributed by atoms with Crippen molar-refractivity contribution in [3.8, 4) is 5.75 Å². The fourth-order valence-corrected chi connectivity index (χ4v) is 4.37. The van der Waals surface area contributed by atoms with Gasteiger partial charge in [-0.1, -0.05) is 12.1 Å². The molecular weight excluding hydrogens is 452 g/mol. The summed E-state index contributed by atoms with van der Waals surface area (Å²) in [5, 5.41) is 5.34. The van der Waals surface area contributed by atoms with Gasteiger partial charge in [0.15, 0.2) is 0 Å². The summed E-state index contributed by atoms with van der Waals surface area (Å²) in [5.41, 5.74) is 5.15. The number of anilines is 2. The largest absolute Gasteiger partial charge is 0.497 e. The van der Waals surface area contributed by atoms with Gasteiger partial charge in [-0.3, -0.25) is 19.3 Å². The highest BCUT2D eigenvalue weighted by molar-refractivity contribution is 6.10. The number of aromatic nitrogens is 1. The predicted octanol–water partition coefficient (Wildman–Crippen LogP) is 1.20. The third-order valence-electron chi connectivity index (χ3n) is 6.42. The Labute approximate surface area is 202 Å². The number of nitrogens with zero attached hydrogens (tertiary/aromatic N) is 3. The molecule has 2 atom stereocenters. The maximum atomic E-state index is 13.1. The van der Waals surface area contributed by atoms with Gasteiger partial charge in [0.2, 0.25) is 11.8 Å². The zero-order valence-electron chi connectivity index (χ0n) is 19.6. The first kappa shape index (κ1) is 24.0. The molecule has 0 saturated carbocycles. The highest BCUT2D eigenvalue weighted by Crippen LogP contribution is 2.30. The Bertz CT molecular complexity index is 1140. The van der Waals surface area contributed by atoms with E-state index in [2.05, 4.69) is 15.6 Å². The molecule has 2 aliphatic rings. The first-order valence-electron chi connectivity index (χ1n) is 11.3. The molecule has 0 spiro atoms. The van der Waals surface area contributed by atoms with Gasteiger partial charge in [-0.25, -0.2) is 9.78 Å². The molecule has 2 aliphatic heterocycles. The number of pyridine rings is 1. The number of methoxy groups -OCH3 is 1. The quantitative estimate of drug-likeness (QED) is 0.505. The maximum absolute atomic E-state index is 13.1. The second-order valence-corrected chi connectivity index (χ2v) is 8.82. The van der Waals surface area contributed by atoms with Crippen LogP contribution in [0.4, 0.5) is 16.3 Å². The van der Waals surface area contributed by atoms with Crippen LogP contribution in [-0.2, 0) is 19.9 Å². The van der Waals surface area contributed by atoms with Crippen molar-refractivity contribution in [2.24, 2.45) is 11.7 Å². The number of carbonyl (C=O) groups is 4. The first-order valence-corrected chi connectivity index (χ1v) is 11.3. The van der Waals surface area contributed by atoms with Gasteiger partial charge >= 0.3 is 6.03 Å². The Morgan fingerprint density at radius 3 is 2.60 bits per heavy atom. The second kappa shape index (κ2) is 9.61. The number of piperidine rings is 1. The molecule has 2 unspecified atom stereocenters. The van der Waals surface area contributed by atoms with Crippen LogP contribution in [0.1, 0.15) is 25.3 Å². The Hall–Kier alpha value is -4.15. The van der Waals surface area contributed by atoms with Crippen molar-refractivity contribution in [2.75, 3.05) is 37.0 Å². The standard InChI is InChI=1S/C24H28N6O5/c1-24(16-5-8-18(35-2)9-6-16)22(33)30(23(34)28-24)14-20(31)27-17-7-10-19(26-12-17)29-11-3-4-15(13-29)21(25)32/h5-10,12,15H,3-4,11,13-14H2,1-2H3,(H2,25,32)(H,27,31)(H,28,34). The summed E-state index contributed by atoms with van der Waals surface area (Å²) < 4.78 is 5.14.